The monoisotopic (exact) mass is 162 g/mol. The second-order valence-corrected chi connectivity index (χ2v) is 3.18. The van der Waals surface area contributed by atoms with E-state index >= 15 is 0 Å². The molecule has 3 heteroatoms. The first-order valence-corrected chi connectivity index (χ1v) is 3.96. The van der Waals surface area contributed by atoms with Crippen molar-refractivity contribution < 1.29 is 5.11 Å². The van der Waals surface area contributed by atoms with Crippen LogP contribution in [0.1, 0.15) is 9.75 Å². The minimum absolute atomic E-state index is 0.127. The molecule has 0 spiro atoms. The van der Waals surface area contributed by atoms with Gasteiger partial charge in [-0.1, -0.05) is 0 Å². The molecule has 0 aliphatic rings. The van der Waals surface area contributed by atoms with Gasteiger partial charge in [0.25, 0.3) is 0 Å². The molecular formula is C6H7ClOS. The maximum atomic E-state index is 8.61. The molecule has 0 unspecified atom stereocenters. The Morgan fingerprint density at radius 2 is 2.11 bits per heavy atom. The number of halogens is 1. The van der Waals surface area contributed by atoms with Crippen LogP contribution >= 0.6 is 22.9 Å². The van der Waals surface area contributed by atoms with Gasteiger partial charge in [0.1, 0.15) is 0 Å². The van der Waals surface area contributed by atoms with Crippen LogP contribution in [0.3, 0.4) is 0 Å². The fourth-order valence-corrected chi connectivity index (χ4v) is 1.56. The Labute approximate surface area is 62.9 Å². The largest absolute Gasteiger partial charge is 0.391 e. The minimum Gasteiger partial charge on any atom is -0.391 e. The van der Waals surface area contributed by atoms with Crippen molar-refractivity contribution in [2.75, 3.05) is 0 Å². The summed E-state index contributed by atoms with van der Waals surface area (Å²) >= 11 is 7.08. The van der Waals surface area contributed by atoms with Gasteiger partial charge < -0.3 is 5.11 Å². The Morgan fingerprint density at radius 1 is 1.44 bits per heavy atom. The van der Waals surface area contributed by atoms with Crippen molar-refractivity contribution >= 4 is 22.9 Å². The Morgan fingerprint density at radius 3 is 2.44 bits per heavy atom. The molecule has 0 aromatic carbocycles. The lowest BCUT2D eigenvalue weighted by molar-refractivity contribution is 0.285. The highest BCUT2D eigenvalue weighted by Gasteiger charge is 1.95. The molecule has 1 aromatic heterocycles. The van der Waals surface area contributed by atoms with Gasteiger partial charge in [0, 0.05) is 9.75 Å². The SMILES string of the molecule is OCc1ccc(CCl)s1. The van der Waals surface area contributed by atoms with Crippen molar-refractivity contribution in [1.82, 2.24) is 0 Å². The lowest BCUT2D eigenvalue weighted by atomic mass is 10.4. The van der Waals surface area contributed by atoms with E-state index in [1.165, 1.54) is 0 Å². The molecular weight excluding hydrogens is 156 g/mol. The quantitative estimate of drug-likeness (QED) is 0.660. The average molecular weight is 163 g/mol. The summed E-state index contributed by atoms with van der Waals surface area (Å²) < 4.78 is 0. The molecule has 0 radical (unpaired) electrons. The third-order valence-electron chi connectivity index (χ3n) is 1.00. The van der Waals surface area contributed by atoms with Crippen LogP contribution in [0.5, 0.6) is 0 Å². The summed E-state index contributed by atoms with van der Waals surface area (Å²) in [4.78, 5) is 2.09. The van der Waals surface area contributed by atoms with E-state index < -0.39 is 0 Å². The van der Waals surface area contributed by atoms with E-state index in [1.54, 1.807) is 11.3 Å². The number of rotatable bonds is 2. The van der Waals surface area contributed by atoms with Crippen LogP contribution in [0.2, 0.25) is 0 Å². The number of thiophene rings is 1. The second-order valence-electron chi connectivity index (χ2n) is 1.66. The predicted octanol–water partition coefficient (Wildman–Crippen LogP) is 1.98. The molecule has 1 nitrogen and oxygen atoms in total. The molecule has 0 saturated carbocycles. The van der Waals surface area contributed by atoms with Gasteiger partial charge in [-0.3, -0.25) is 0 Å². The Bertz CT molecular complexity index is 166. The molecule has 0 saturated heterocycles. The maximum Gasteiger partial charge on any atom is 0.0774 e. The van der Waals surface area contributed by atoms with Gasteiger partial charge in [0.15, 0.2) is 0 Å². The Kier molecular flexibility index (Phi) is 2.51. The second kappa shape index (κ2) is 3.20. The van der Waals surface area contributed by atoms with Gasteiger partial charge in [0.05, 0.1) is 12.5 Å². The molecule has 50 valence electrons. The molecule has 0 atom stereocenters. The normalized spacial score (nSPS) is 10.0. The van der Waals surface area contributed by atoms with Gasteiger partial charge in [-0.25, -0.2) is 0 Å². The summed E-state index contributed by atoms with van der Waals surface area (Å²) in [6.45, 7) is 0.127. The molecule has 0 aliphatic heterocycles. The van der Waals surface area contributed by atoms with E-state index in [2.05, 4.69) is 0 Å². The number of hydrogen-bond donors (Lipinski definition) is 1. The van der Waals surface area contributed by atoms with Gasteiger partial charge in [-0.05, 0) is 12.1 Å². The first kappa shape index (κ1) is 7.06. The third-order valence-corrected chi connectivity index (χ3v) is 2.52. The predicted molar refractivity (Wildman–Crippen MR) is 39.8 cm³/mol. The fraction of sp³-hybridized carbons (Fsp3) is 0.333. The highest BCUT2D eigenvalue weighted by atomic mass is 35.5. The molecule has 1 aromatic rings. The van der Waals surface area contributed by atoms with Gasteiger partial charge in [0.2, 0.25) is 0 Å². The van der Waals surface area contributed by atoms with Crippen molar-refractivity contribution in [2.45, 2.75) is 12.5 Å². The molecule has 0 amide bonds. The summed E-state index contributed by atoms with van der Waals surface area (Å²) in [7, 11) is 0. The van der Waals surface area contributed by atoms with Crippen molar-refractivity contribution in [3.05, 3.63) is 21.9 Å². The molecule has 1 N–H and O–H groups in total. The first-order valence-electron chi connectivity index (χ1n) is 2.61. The number of alkyl halides is 1. The van der Waals surface area contributed by atoms with Crippen molar-refractivity contribution in [1.29, 1.82) is 0 Å². The Hall–Kier alpha value is -0.0500. The molecule has 0 bridgehead atoms. The van der Waals surface area contributed by atoms with E-state index in [9.17, 15) is 0 Å². The van der Waals surface area contributed by atoms with Crippen LogP contribution in [0.25, 0.3) is 0 Å². The fourth-order valence-electron chi connectivity index (χ4n) is 0.579. The highest BCUT2D eigenvalue weighted by molar-refractivity contribution is 7.12. The molecule has 0 aliphatic carbocycles. The van der Waals surface area contributed by atoms with E-state index in [0.717, 1.165) is 9.75 Å². The zero-order valence-electron chi connectivity index (χ0n) is 4.80. The summed E-state index contributed by atoms with van der Waals surface area (Å²) in [6.07, 6.45) is 0. The minimum atomic E-state index is 0.127. The molecule has 1 rings (SSSR count). The lowest BCUT2D eigenvalue weighted by Crippen LogP contribution is -1.70. The van der Waals surface area contributed by atoms with Crippen LogP contribution in [0.4, 0.5) is 0 Å². The molecule has 0 fully saturated rings. The summed E-state index contributed by atoms with van der Waals surface area (Å²) in [5, 5.41) is 8.61. The number of aliphatic hydroxyl groups excluding tert-OH is 1. The molecule has 9 heavy (non-hydrogen) atoms. The van der Waals surface area contributed by atoms with E-state index in [0.29, 0.717) is 5.88 Å². The van der Waals surface area contributed by atoms with Gasteiger partial charge in [-0.2, -0.15) is 0 Å². The van der Waals surface area contributed by atoms with Gasteiger partial charge in [-0.15, -0.1) is 22.9 Å². The van der Waals surface area contributed by atoms with Crippen LogP contribution in [-0.2, 0) is 12.5 Å². The van der Waals surface area contributed by atoms with E-state index in [4.69, 9.17) is 16.7 Å². The highest BCUT2D eigenvalue weighted by Crippen LogP contribution is 2.17. The smallest absolute Gasteiger partial charge is 0.0774 e. The summed E-state index contributed by atoms with van der Waals surface area (Å²) in [5.74, 6) is 0.546. The van der Waals surface area contributed by atoms with Crippen molar-refractivity contribution in [3.8, 4) is 0 Å². The third kappa shape index (κ3) is 1.68. The zero-order valence-corrected chi connectivity index (χ0v) is 6.37. The average Bonchev–Trinajstić information content (AvgIpc) is 2.34. The van der Waals surface area contributed by atoms with Crippen molar-refractivity contribution in [3.63, 3.8) is 0 Å². The maximum absolute atomic E-state index is 8.61. The number of aliphatic hydroxyl groups is 1. The van der Waals surface area contributed by atoms with Crippen LogP contribution in [-0.4, -0.2) is 5.11 Å². The summed E-state index contributed by atoms with van der Waals surface area (Å²) in [6, 6.07) is 3.82. The van der Waals surface area contributed by atoms with Crippen LogP contribution < -0.4 is 0 Å². The lowest BCUT2D eigenvalue weighted by Gasteiger charge is -1.82. The Balaban J connectivity index is 2.74. The van der Waals surface area contributed by atoms with Crippen LogP contribution in [0, 0.1) is 0 Å². The summed E-state index contributed by atoms with van der Waals surface area (Å²) in [5.41, 5.74) is 0. The topological polar surface area (TPSA) is 20.2 Å². The molecule has 1 heterocycles. The van der Waals surface area contributed by atoms with Gasteiger partial charge >= 0.3 is 0 Å². The zero-order chi connectivity index (χ0) is 6.69. The first-order chi connectivity index (χ1) is 4.36. The number of hydrogen-bond acceptors (Lipinski definition) is 2. The van der Waals surface area contributed by atoms with E-state index in [-0.39, 0.29) is 6.61 Å². The van der Waals surface area contributed by atoms with E-state index in [1.807, 2.05) is 12.1 Å². The van der Waals surface area contributed by atoms with Crippen LogP contribution in [0.15, 0.2) is 12.1 Å². The standard InChI is InChI=1S/C6H7ClOS/c7-3-5-1-2-6(4-8)9-5/h1-2,8H,3-4H2. The van der Waals surface area contributed by atoms with Crippen molar-refractivity contribution in [2.24, 2.45) is 0 Å².